The molecule has 0 atom stereocenters. The van der Waals surface area contributed by atoms with Gasteiger partial charge in [-0.3, -0.25) is 4.79 Å². The van der Waals surface area contributed by atoms with Crippen LogP contribution in [0.1, 0.15) is 29.2 Å². The van der Waals surface area contributed by atoms with Gasteiger partial charge < -0.3 is 19.1 Å². The van der Waals surface area contributed by atoms with Gasteiger partial charge in [0, 0.05) is 18.1 Å². The second-order valence-electron chi connectivity index (χ2n) is 8.20. The summed E-state index contributed by atoms with van der Waals surface area (Å²) in [5.41, 5.74) is 5.35. The summed E-state index contributed by atoms with van der Waals surface area (Å²) in [5.74, 6) is 2.00. The van der Waals surface area contributed by atoms with Gasteiger partial charge in [0.2, 0.25) is 0 Å². The maximum absolute atomic E-state index is 14.0. The van der Waals surface area contributed by atoms with Gasteiger partial charge in [0.1, 0.15) is 5.75 Å². The summed E-state index contributed by atoms with van der Waals surface area (Å²) < 4.78 is 16.4. The molecule has 0 saturated heterocycles. The molecule has 0 unspecified atom stereocenters. The van der Waals surface area contributed by atoms with Crippen LogP contribution in [0.3, 0.4) is 0 Å². The van der Waals surface area contributed by atoms with E-state index in [1.54, 1.807) is 21.3 Å². The summed E-state index contributed by atoms with van der Waals surface area (Å²) in [4.78, 5) is 15.9. The number of rotatable bonds is 6. The van der Waals surface area contributed by atoms with E-state index in [0.29, 0.717) is 41.6 Å². The van der Waals surface area contributed by atoms with Crippen LogP contribution in [-0.4, -0.2) is 38.7 Å². The average molecular weight is 478 g/mol. The molecular formula is C28H28ClNO4. The number of amides is 1. The van der Waals surface area contributed by atoms with Crippen LogP contribution in [0.15, 0.2) is 60.7 Å². The molecular weight excluding hydrogens is 450 g/mol. The van der Waals surface area contributed by atoms with Crippen molar-refractivity contribution in [1.82, 2.24) is 4.90 Å². The summed E-state index contributed by atoms with van der Waals surface area (Å²) in [6.07, 6.45) is 0.698. The van der Waals surface area contributed by atoms with Gasteiger partial charge in [-0.2, -0.15) is 0 Å². The standard InChI is InChI=1S/C28H28ClNO4/c1-18(20-6-5-7-22(29)14-20)27-24-16-26(34-4)25(33-3)15-21(24)12-13-30(28(27)31)17-19-8-10-23(32-2)11-9-19/h5-11,14-16H,12-13,17H2,1-4H3/b27-18+. The molecule has 1 aliphatic heterocycles. The lowest BCUT2D eigenvalue weighted by Gasteiger charge is -2.23. The van der Waals surface area contributed by atoms with Crippen molar-refractivity contribution in [3.8, 4) is 17.2 Å². The minimum Gasteiger partial charge on any atom is -0.497 e. The fourth-order valence-corrected chi connectivity index (χ4v) is 4.51. The molecule has 0 bridgehead atoms. The van der Waals surface area contributed by atoms with Gasteiger partial charge in [-0.05, 0) is 77.6 Å². The van der Waals surface area contributed by atoms with Crippen LogP contribution >= 0.6 is 11.6 Å². The highest BCUT2D eigenvalue weighted by Gasteiger charge is 2.29. The van der Waals surface area contributed by atoms with Crippen LogP contribution < -0.4 is 14.2 Å². The Bertz CT molecular complexity index is 1230. The van der Waals surface area contributed by atoms with E-state index in [1.165, 1.54) is 0 Å². The largest absolute Gasteiger partial charge is 0.497 e. The lowest BCUT2D eigenvalue weighted by molar-refractivity contribution is -0.125. The number of allylic oxidation sites excluding steroid dienone is 1. The van der Waals surface area contributed by atoms with Crippen molar-refractivity contribution in [2.75, 3.05) is 27.9 Å². The monoisotopic (exact) mass is 477 g/mol. The molecule has 34 heavy (non-hydrogen) atoms. The third kappa shape index (κ3) is 4.75. The molecule has 3 aromatic rings. The maximum atomic E-state index is 14.0. The zero-order valence-corrected chi connectivity index (χ0v) is 20.6. The van der Waals surface area contributed by atoms with Gasteiger partial charge >= 0.3 is 0 Å². The smallest absolute Gasteiger partial charge is 0.255 e. The fraction of sp³-hybridized carbons (Fsp3) is 0.250. The van der Waals surface area contributed by atoms with Crippen LogP contribution in [0, 0.1) is 0 Å². The van der Waals surface area contributed by atoms with Crippen molar-refractivity contribution < 1.29 is 19.0 Å². The molecule has 5 nitrogen and oxygen atoms in total. The number of benzene rings is 3. The zero-order valence-electron chi connectivity index (χ0n) is 19.9. The van der Waals surface area contributed by atoms with E-state index < -0.39 is 0 Å². The first-order valence-corrected chi connectivity index (χ1v) is 11.5. The predicted molar refractivity (Wildman–Crippen MR) is 136 cm³/mol. The Labute approximate surface area is 205 Å². The van der Waals surface area contributed by atoms with Crippen molar-refractivity contribution in [1.29, 1.82) is 0 Å². The van der Waals surface area contributed by atoms with Crippen molar-refractivity contribution in [2.24, 2.45) is 0 Å². The highest BCUT2D eigenvalue weighted by atomic mass is 35.5. The Balaban J connectivity index is 1.84. The van der Waals surface area contributed by atoms with E-state index in [0.717, 1.165) is 33.6 Å². The number of ether oxygens (including phenoxy) is 3. The summed E-state index contributed by atoms with van der Waals surface area (Å²) in [7, 11) is 4.87. The maximum Gasteiger partial charge on any atom is 0.255 e. The topological polar surface area (TPSA) is 48.0 Å². The Hall–Kier alpha value is -3.44. The molecule has 6 heteroatoms. The second-order valence-corrected chi connectivity index (χ2v) is 8.64. The van der Waals surface area contributed by atoms with Crippen molar-refractivity contribution in [3.05, 3.63) is 87.9 Å². The molecule has 0 N–H and O–H groups in total. The number of carbonyl (C=O) groups excluding carboxylic acids is 1. The molecule has 176 valence electrons. The molecule has 0 aromatic heterocycles. The predicted octanol–water partition coefficient (Wildman–Crippen LogP) is 5.88. The second kappa shape index (κ2) is 10.2. The number of hydrogen-bond donors (Lipinski definition) is 0. The first-order chi connectivity index (χ1) is 16.4. The van der Waals surface area contributed by atoms with Gasteiger partial charge in [0.25, 0.3) is 5.91 Å². The number of hydrogen-bond acceptors (Lipinski definition) is 4. The molecule has 0 fully saturated rings. The normalized spacial score (nSPS) is 14.9. The molecule has 1 heterocycles. The van der Waals surface area contributed by atoms with E-state index >= 15 is 0 Å². The van der Waals surface area contributed by atoms with Crippen molar-refractivity contribution >= 4 is 28.7 Å². The van der Waals surface area contributed by atoms with E-state index in [1.807, 2.05) is 72.5 Å². The third-order valence-corrected chi connectivity index (χ3v) is 6.43. The number of methoxy groups -OCH3 is 3. The number of halogens is 1. The molecule has 0 aliphatic carbocycles. The fourth-order valence-electron chi connectivity index (χ4n) is 4.32. The molecule has 0 spiro atoms. The van der Waals surface area contributed by atoms with Gasteiger partial charge in [-0.25, -0.2) is 0 Å². The average Bonchev–Trinajstić information content (AvgIpc) is 2.99. The van der Waals surface area contributed by atoms with Gasteiger partial charge in [0.15, 0.2) is 11.5 Å². The van der Waals surface area contributed by atoms with Crippen LogP contribution in [0.4, 0.5) is 0 Å². The molecule has 3 aromatic carbocycles. The van der Waals surface area contributed by atoms with Crippen LogP contribution in [0.2, 0.25) is 5.02 Å². The van der Waals surface area contributed by atoms with Crippen LogP contribution in [0.5, 0.6) is 17.2 Å². The number of nitrogens with zero attached hydrogens (tertiary/aromatic N) is 1. The quantitative estimate of drug-likeness (QED) is 0.416. The van der Waals surface area contributed by atoms with E-state index in [2.05, 4.69) is 0 Å². The molecule has 0 saturated carbocycles. The third-order valence-electron chi connectivity index (χ3n) is 6.20. The zero-order chi connectivity index (χ0) is 24.2. The lowest BCUT2D eigenvalue weighted by Crippen LogP contribution is -2.31. The molecule has 1 aliphatic rings. The summed E-state index contributed by atoms with van der Waals surface area (Å²) in [6, 6.07) is 19.3. The van der Waals surface area contributed by atoms with Crippen LogP contribution in [-0.2, 0) is 17.8 Å². The van der Waals surface area contributed by atoms with E-state index in [9.17, 15) is 4.79 Å². The van der Waals surface area contributed by atoms with E-state index in [4.69, 9.17) is 25.8 Å². The van der Waals surface area contributed by atoms with Crippen LogP contribution in [0.25, 0.3) is 11.1 Å². The highest BCUT2D eigenvalue weighted by Crippen LogP contribution is 2.39. The Kier molecular flexibility index (Phi) is 7.13. The molecule has 1 amide bonds. The van der Waals surface area contributed by atoms with E-state index in [-0.39, 0.29) is 5.91 Å². The summed E-state index contributed by atoms with van der Waals surface area (Å²) in [5, 5.41) is 0.626. The molecule has 0 radical (unpaired) electrons. The minimum atomic E-state index is -0.0285. The number of carbonyl (C=O) groups is 1. The SMILES string of the molecule is COc1ccc(CN2CCc3cc(OC)c(OC)cc3/C(=C(/C)c3cccc(Cl)c3)C2=O)cc1. The Morgan fingerprint density at radius 3 is 2.29 bits per heavy atom. The first-order valence-electron chi connectivity index (χ1n) is 11.1. The Morgan fingerprint density at radius 2 is 1.65 bits per heavy atom. The van der Waals surface area contributed by atoms with Gasteiger partial charge in [-0.15, -0.1) is 0 Å². The van der Waals surface area contributed by atoms with Gasteiger partial charge in [0.05, 0.1) is 26.9 Å². The van der Waals surface area contributed by atoms with Crippen molar-refractivity contribution in [3.63, 3.8) is 0 Å². The van der Waals surface area contributed by atoms with Gasteiger partial charge in [-0.1, -0.05) is 35.9 Å². The lowest BCUT2D eigenvalue weighted by atomic mass is 9.91. The molecule has 4 rings (SSSR count). The number of fused-ring (bicyclic) bond motifs is 1. The van der Waals surface area contributed by atoms with Crippen molar-refractivity contribution in [2.45, 2.75) is 19.9 Å². The Morgan fingerprint density at radius 1 is 0.941 bits per heavy atom. The summed E-state index contributed by atoms with van der Waals surface area (Å²) in [6.45, 7) is 3.05. The highest BCUT2D eigenvalue weighted by molar-refractivity contribution is 6.31. The first kappa shape index (κ1) is 23.7. The minimum absolute atomic E-state index is 0.0285. The summed E-state index contributed by atoms with van der Waals surface area (Å²) >= 11 is 6.28.